The van der Waals surface area contributed by atoms with Crippen LogP contribution >= 0.6 is 0 Å². The Morgan fingerprint density at radius 2 is 1.65 bits per heavy atom. The lowest BCUT2D eigenvalue weighted by molar-refractivity contribution is 0.751. The summed E-state index contributed by atoms with van der Waals surface area (Å²) in [4.78, 5) is 21.6. The summed E-state index contributed by atoms with van der Waals surface area (Å²) in [7, 11) is 0. The van der Waals surface area contributed by atoms with Gasteiger partial charge in [0, 0.05) is 11.1 Å². The van der Waals surface area contributed by atoms with Gasteiger partial charge in [-0.15, -0.1) is 0 Å². The van der Waals surface area contributed by atoms with E-state index < -0.39 is 0 Å². The van der Waals surface area contributed by atoms with Crippen LogP contribution in [0.2, 0.25) is 0 Å². The second kappa shape index (κ2) is 5.32. The first-order valence-electron chi connectivity index (χ1n) is 7.52. The monoisotopic (exact) mass is 301 g/mol. The lowest BCUT2D eigenvalue weighted by atomic mass is 10.1. The maximum Gasteiger partial charge on any atom is 0.261 e. The summed E-state index contributed by atoms with van der Waals surface area (Å²) >= 11 is 0. The summed E-state index contributed by atoms with van der Waals surface area (Å²) < 4.78 is 1.66. The average Bonchev–Trinajstić information content (AvgIpc) is 2.57. The van der Waals surface area contributed by atoms with Gasteiger partial charge in [-0.2, -0.15) is 0 Å². The van der Waals surface area contributed by atoms with Crippen molar-refractivity contribution in [1.29, 1.82) is 0 Å². The lowest BCUT2D eigenvalue weighted by Crippen LogP contribution is -2.21. The van der Waals surface area contributed by atoms with Crippen molar-refractivity contribution in [3.05, 3.63) is 82.5 Å². The molecule has 0 fully saturated rings. The zero-order chi connectivity index (χ0) is 15.8. The van der Waals surface area contributed by atoms with E-state index in [1.54, 1.807) is 10.9 Å². The molecule has 0 bridgehead atoms. The number of nitrogens with zero attached hydrogens (tertiary/aromatic N) is 3. The molecule has 4 nitrogen and oxygen atoms in total. The van der Waals surface area contributed by atoms with Crippen molar-refractivity contribution < 1.29 is 0 Å². The van der Waals surface area contributed by atoms with E-state index in [0.717, 1.165) is 27.7 Å². The van der Waals surface area contributed by atoms with Crippen molar-refractivity contribution in [2.45, 2.75) is 13.5 Å². The molecule has 2 heterocycles. The van der Waals surface area contributed by atoms with Crippen LogP contribution in [0, 0.1) is 6.92 Å². The molecule has 0 atom stereocenters. The fourth-order valence-electron chi connectivity index (χ4n) is 2.93. The number of benzene rings is 2. The first-order chi connectivity index (χ1) is 11.2. The van der Waals surface area contributed by atoms with Crippen LogP contribution in [0.25, 0.3) is 21.8 Å². The Balaban J connectivity index is 1.88. The van der Waals surface area contributed by atoms with Gasteiger partial charge in [-0.25, -0.2) is 4.98 Å². The minimum absolute atomic E-state index is 0.0193. The minimum Gasteiger partial charge on any atom is -0.294 e. The molecule has 23 heavy (non-hydrogen) atoms. The predicted molar refractivity (Wildman–Crippen MR) is 91.6 cm³/mol. The van der Waals surface area contributed by atoms with E-state index in [-0.39, 0.29) is 5.56 Å². The normalized spacial score (nSPS) is 11.2. The lowest BCUT2D eigenvalue weighted by Gasteiger charge is -2.10. The van der Waals surface area contributed by atoms with Crippen LogP contribution in [0.4, 0.5) is 0 Å². The molecule has 0 aliphatic rings. The highest BCUT2D eigenvalue weighted by Gasteiger charge is 2.08. The Bertz CT molecular complexity index is 1080. The third kappa shape index (κ3) is 2.38. The van der Waals surface area contributed by atoms with E-state index in [0.29, 0.717) is 11.9 Å². The molecule has 0 aliphatic heterocycles. The number of aryl methyl sites for hydroxylation is 1. The van der Waals surface area contributed by atoms with Gasteiger partial charge in [-0.1, -0.05) is 30.3 Å². The fraction of sp³-hybridized carbons (Fsp3) is 0.105. The summed E-state index contributed by atoms with van der Waals surface area (Å²) in [5.74, 6) is 0. The van der Waals surface area contributed by atoms with Crippen LogP contribution in [-0.4, -0.2) is 14.5 Å². The number of fused-ring (bicyclic) bond motifs is 2. The van der Waals surface area contributed by atoms with Gasteiger partial charge in [0.1, 0.15) is 0 Å². The van der Waals surface area contributed by atoms with Crippen molar-refractivity contribution in [3.63, 3.8) is 0 Å². The van der Waals surface area contributed by atoms with E-state index in [2.05, 4.69) is 9.97 Å². The Morgan fingerprint density at radius 3 is 2.48 bits per heavy atom. The first kappa shape index (κ1) is 13.6. The molecule has 0 N–H and O–H groups in total. The molecule has 0 saturated carbocycles. The van der Waals surface area contributed by atoms with E-state index in [1.165, 1.54) is 0 Å². The first-order valence-corrected chi connectivity index (χ1v) is 7.52. The van der Waals surface area contributed by atoms with Gasteiger partial charge < -0.3 is 0 Å². The molecule has 0 spiro atoms. The summed E-state index contributed by atoms with van der Waals surface area (Å²) in [6, 6.07) is 17.4. The fourth-order valence-corrected chi connectivity index (χ4v) is 2.93. The van der Waals surface area contributed by atoms with Crippen LogP contribution in [0.3, 0.4) is 0 Å². The maximum absolute atomic E-state index is 12.7. The van der Waals surface area contributed by atoms with Crippen LogP contribution < -0.4 is 5.56 Å². The molecule has 4 aromatic rings. The van der Waals surface area contributed by atoms with E-state index in [4.69, 9.17) is 0 Å². The molecule has 2 aromatic carbocycles. The molecule has 4 heteroatoms. The predicted octanol–water partition coefficient (Wildman–Crippen LogP) is 3.30. The van der Waals surface area contributed by atoms with Crippen LogP contribution in [0.1, 0.15) is 11.3 Å². The van der Waals surface area contributed by atoms with Crippen LogP contribution in [0.5, 0.6) is 0 Å². The van der Waals surface area contributed by atoms with Crippen molar-refractivity contribution in [3.8, 4) is 0 Å². The number of hydrogen-bond donors (Lipinski definition) is 0. The second-order valence-electron chi connectivity index (χ2n) is 5.63. The van der Waals surface area contributed by atoms with Crippen LogP contribution in [0.15, 0.2) is 65.7 Å². The van der Waals surface area contributed by atoms with Crippen molar-refractivity contribution in [1.82, 2.24) is 14.5 Å². The minimum atomic E-state index is -0.0193. The molecule has 4 rings (SSSR count). The molecule has 0 unspecified atom stereocenters. The highest BCUT2D eigenvalue weighted by molar-refractivity contribution is 5.82. The average molecular weight is 301 g/mol. The van der Waals surface area contributed by atoms with Gasteiger partial charge in [-0.05, 0) is 36.8 Å². The smallest absolute Gasteiger partial charge is 0.261 e. The summed E-state index contributed by atoms with van der Waals surface area (Å²) in [5, 5.41) is 1.71. The van der Waals surface area contributed by atoms with Gasteiger partial charge in [-0.3, -0.25) is 14.3 Å². The molecule has 2 aromatic heterocycles. The standard InChI is InChI=1S/C19H15N3O/c1-13-10-14(15-6-2-5-9-18(15)21-13)11-22-12-20-17-8-4-3-7-16(17)19(22)23/h2-10,12H,11H2,1H3. The topological polar surface area (TPSA) is 47.8 Å². The zero-order valence-electron chi connectivity index (χ0n) is 12.7. The third-order valence-corrected chi connectivity index (χ3v) is 4.00. The van der Waals surface area contributed by atoms with Crippen LogP contribution in [-0.2, 0) is 6.54 Å². The van der Waals surface area contributed by atoms with Gasteiger partial charge in [0.25, 0.3) is 5.56 Å². The highest BCUT2D eigenvalue weighted by atomic mass is 16.1. The number of hydrogen-bond acceptors (Lipinski definition) is 3. The number of para-hydroxylation sites is 2. The quantitative estimate of drug-likeness (QED) is 0.571. The number of rotatable bonds is 2. The second-order valence-corrected chi connectivity index (χ2v) is 5.63. The molecule has 0 saturated heterocycles. The van der Waals surface area contributed by atoms with Crippen molar-refractivity contribution in [2.75, 3.05) is 0 Å². The molecule has 0 radical (unpaired) electrons. The SMILES string of the molecule is Cc1cc(Cn2cnc3ccccc3c2=O)c2ccccc2n1. The third-order valence-electron chi connectivity index (χ3n) is 4.00. The number of aromatic nitrogens is 3. The summed E-state index contributed by atoms with van der Waals surface area (Å²) in [5.41, 5.74) is 3.68. The highest BCUT2D eigenvalue weighted by Crippen LogP contribution is 2.19. The van der Waals surface area contributed by atoms with Crippen molar-refractivity contribution >= 4 is 21.8 Å². The van der Waals surface area contributed by atoms with Gasteiger partial charge >= 0.3 is 0 Å². The largest absolute Gasteiger partial charge is 0.294 e. The molecule has 0 amide bonds. The van der Waals surface area contributed by atoms with Gasteiger partial charge in [0.05, 0.1) is 29.3 Å². The Kier molecular flexibility index (Phi) is 3.15. The van der Waals surface area contributed by atoms with E-state index >= 15 is 0 Å². The summed E-state index contributed by atoms with van der Waals surface area (Å²) in [6.45, 7) is 2.46. The van der Waals surface area contributed by atoms with E-state index in [1.807, 2.05) is 61.5 Å². The van der Waals surface area contributed by atoms with Gasteiger partial charge in [0.15, 0.2) is 0 Å². The van der Waals surface area contributed by atoms with Gasteiger partial charge in [0.2, 0.25) is 0 Å². The Morgan fingerprint density at radius 1 is 0.957 bits per heavy atom. The van der Waals surface area contributed by atoms with E-state index in [9.17, 15) is 4.79 Å². The number of pyridine rings is 1. The van der Waals surface area contributed by atoms with Crippen molar-refractivity contribution in [2.24, 2.45) is 0 Å². The molecular weight excluding hydrogens is 286 g/mol. The Hall–Kier alpha value is -3.01. The molecule has 0 aliphatic carbocycles. The Labute approximate surface area is 133 Å². The summed E-state index contributed by atoms with van der Waals surface area (Å²) in [6.07, 6.45) is 1.62. The molecule has 112 valence electrons. The zero-order valence-corrected chi connectivity index (χ0v) is 12.7. The molecular formula is C19H15N3O. The maximum atomic E-state index is 12.7.